The Kier molecular flexibility index (Phi) is 4.92. The number of nitrogens with one attached hydrogen (secondary N) is 1. The molecule has 0 saturated heterocycles. The van der Waals surface area contributed by atoms with E-state index in [1.165, 1.54) is 7.11 Å². The molecule has 1 N–H and O–H groups in total. The van der Waals surface area contributed by atoms with Gasteiger partial charge in [0.05, 0.1) is 11.9 Å². The number of benzene rings is 1. The van der Waals surface area contributed by atoms with Crippen molar-refractivity contribution in [1.29, 1.82) is 0 Å². The standard InChI is InChI=1S/C11H17NO3S/c1-10(15-2)9-16(13,14)12-8-11-6-4-3-5-7-11/h3-7,10,12H,8-9H2,1-2H3. The van der Waals surface area contributed by atoms with Gasteiger partial charge in [-0.15, -0.1) is 0 Å². The van der Waals surface area contributed by atoms with Gasteiger partial charge < -0.3 is 4.74 Å². The highest BCUT2D eigenvalue weighted by Crippen LogP contribution is 2.00. The molecule has 0 aliphatic rings. The number of ether oxygens (including phenoxy) is 1. The number of hydrogen-bond acceptors (Lipinski definition) is 3. The van der Waals surface area contributed by atoms with E-state index in [0.717, 1.165) is 5.56 Å². The molecule has 0 amide bonds. The van der Waals surface area contributed by atoms with Crippen LogP contribution in [0.2, 0.25) is 0 Å². The molecular weight excluding hydrogens is 226 g/mol. The molecule has 0 fully saturated rings. The first kappa shape index (κ1) is 13.2. The van der Waals surface area contributed by atoms with Gasteiger partial charge in [-0.1, -0.05) is 30.3 Å². The van der Waals surface area contributed by atoms with Crippen LogP contribution in [-0.4, -0.2) is 27.4 Å². The molecule has 0 heterocycles. The van der Waals surface area contributed by atoms with Crippen molar-refractivity contribution in [1.82, 2.24) is 4.72 Å². The molecule has 0 spiro atoms. The van der Waals surface area contributed by atoms with Crippen LogP contribution in [0.5, 0.6) is 0 Å². The van der Waals surface area contributed by atoms with Crippen molar-refractivity contribution in [3.8, 4) is 0 Å². The van der Waals surface area contributed by atoms with Crippen molar-refractivity contribution in [2.24, 2.45) is 0 Å². The first-order valence-electron chi connectivity index (χ1n) is 5.07. The number of rotatable bonds is 6. The lowest BCUT2D eigenvalue weighted by Gasteiger charge is -2.11. The average molecular weight is 243 g/mol. The highest BCUT2D eigenvalue weighted by Gasteiger charge is 2.14. The van der Waals surface area contributed by atoms with Crippen molar-refractivity contribution in [2.75, 3.05) is 12.9 Å². The van der Waals surface area contributed by atoms with E-state index >= 15 is 0 Å². The molecule has 90 valence electrons. The zero-order chi connectivity index (χ0) is 12.0. The predicted molar refractivity (Wildman–Crippen MR) is 63.5 cm³/mol. The van der Waals surface area contributed by atoms with Crippen LogP contribution in [0.25, 0.3) is 0 Å². The van der Waals surface area contributed by atoms with Gasteiger partial charge in [0, 0.05) is 13.7 Å². The van der Waals surface area contributed by atoms with Gasteiger partial charge in [-0.2, -0.15) is 0 Å². The largest absolute Gasteiger partial charge is 0.381 e. The fourth-order valence-electron chi connectivity index (χ4n) is 1.23. The molecule has 0 bridgehead atoms. The van der Waals surface area contributed by atoms with Gasteiger partial charge in [0.25, 0.3) is 0 Å². The maximum Gasteiger partial charge on any atom is 0.214 e. The second-order valence-corrected chi connectivity index (χ2v) is 5.49. The van der Waals surface area contributed by atoms with Gasteiger partial charge in [0.1, 0.15) is 0 Å². The lowest BCUT2D eigenvalue weighted by atomic mass is 10.2. The summed E-state index contributed by atoms with van der Waals surface area (Å²) in [7, 11) is -1.77. The number of methoxy groups -OCH3 is 1. The fraction of sp³-hybridized carbons (Fsp3) is 0.455. The third-order valence-electron chi connectivity index (χ3n) is 2.20. The molecule has 1 unspecified atom stereocenters. The van der Waals surface area contributed by atoms with Gasteiger partial charge in [-0.3, -0.25) is 0 Å². The van der Waals surface area contributed by atoms with Crippen LogP contribution in [0.15, 0.2) is 30.3 Å². The zero-order valence-electron chi connectivity index (χ0n) is 9.51. The summed E-state index contributed by atoms with van der Waals surface area (Å²) in [5.41, 5.74) is 0.941. The topological polar surface area (TPSA) is 55.4 Å². The van der Waals surface area contributed by atoms with Crippen molar-refractivity contribution < 1.29 is 13.2 Å². The maximum absolute atomic E-state index is 11.6. The first-order valence-corrected chi connectivity index (χ1v) is 6.73. The van der Waals surface area contributed by atoms with E-state index in [-0.39, 0.29) is 11.9 Å². The molecule has 16 heavy (non-hydrogen) atoms. The summed E-state index contributed by atoms with van der Waals surface area (Å²) in [6.07, 6.45) is -0.298. The number of hydrogen-bond donors (Lipinski definition) is 1. The van der Waals surface area contributed by atoms with Crippen LogP contribution in [0.4, 0.5) is 0 Å². The normalized spacial score (nSPS) is 13.6. The van der Waals surface area contributed by atoms with Crippen LogP contribution >= 0.6 is 0 Å². The molecule has 0 aromatic heterocycles. The first-order chi connectivity index (χ1) is 7.53. The highest BCUT2D eigenvalue weighted by atomic mass is 32.2. The Balaban J connectivity index is 2.49. The summed E-state index contributed by atoms with van der Waals surface area (Å²) in [5, 5.41) is 0. The van der Waals surface area contributed by atoms with E-state index < -0.39 is 10.0 Å². The summed E-state index contributed by atoms with van der Waals surface area (Å²) < 4.78 is 30.6. The Morgan fingerprint density at radius 2 is 1.94 bits per heavy atom. The summed E-state index contributed by atoms with van der Waals surface area (Å²) >= 11 is 0. The minimum Gasteiger partial charge on any atom is -0.381 e. The van der Waals surface area contributed by atoms with Gasteiger partial charge in [-0.25, -0.2) is 13.1 Å². The zero-order valence-corrected chi connectivity index (χ0v) is 10.3. The molecule has 5 heteroatoms. The van der Waals surface area contributed by atoms with Crippen LogP contribution in [-0.2, 0) is 21.3 Å². The van der Waals surface area contributed by atoms with Crippen LogP contribution in [0.3, 0.4) is 0 Å². The summed E-state index contributed by atoms with van der Waals surface area (Å²) in [4.78, 5) is 0. The third kappa shape index (κ3) is 4.74. The molecule has 4 nitrogen and oxygen atoms in total. The Hall–Kier alpha value is -0.910. The molecule has 0 saturated carbocycles. The van der Waals surface area contributed by atoms with E-state index in [4.69, 9.17) is 4.74 Å². The Morgan fingerprint density at radius 3 is 2.50 bits per heavy atom. The second kappa shape index (κ2) is 5.98. The third-order valence-corrected chi connectivity index (χ3v) is 3.69. The van der Waals surface area contributed by atoms with Crippen LogP contribution in [0.1, 0.15) is 12.5 Å². The number of sulfonamides is 1. The summed E-state index contributed by atoms with van der Waals surface area (Å²) in [6.45, 7) is 2.04. The monoisotopic (exact) mass is 243 g/mol. The van der Waals surface area contributed by atoms with Crippen molar-refractivity contribution in [3.63, 3.8) is 0 Å². The Bertz CT molecular complexity index is 402. The minimum atomic E-state index is -3.27. The van der Waals surface area contributed by atoms with E-state index in [9.17, 15) is 8.42 Å². The Morgan fingerprint density at radius 1 is 1.31 bits per heavy atom. The fourth-order valence-corrected chi connectivity index (χ4v) is 2.48. The molecule has 0 aliphatic carbocycles. The van der Waals surface area contributed by atoms with Crippen molar-refractivity contribution in [2.45, 2.75) is 19.6 Å². The summed E-state index contributed by atoms with van der Waals surface area (Å²) in [6, 6.07) is 9.40. The minimum absolute atomic E-state index is 0.0175. The van der Waals surface area contributed by atoms with Gasteiger partial charge in [-0.05, 0) is 12.5 Å². The lowest BCUT2D eigenvalue weighted by molar-refractivity contribution is 0.136. The van der Waals surface area contributed by atoms with E-state index in [1.54, 1.807) is 6.92 Å². The lowest BCUT2D eigenvalue weighted by Crippen LogP contribution is -2.31. The highest BCUT2D eigenvalue weighted by molar-refractivity contribution is 7.89. The van der Waals surface area contributed by atoms with E-state index in [0.29, 0.717) is 6.54 Å². The smallest absolute Gasteiger partial charge is 0.214 e. The van der Waals surface area contributed by atoms with Crippen LogP contribution < -0.4 is 4.72 Å². The molecule has 1 aromatic carbocycles. The second-order valence-electron chi connectivity index (χ2n) is 3.63. The molecular formula is C11H17NO3S. The predicted octanol–water partition coefficient (Wildman–Crippen LogP) is 1.14. The van der Waals surface area contributed by atoms with E-state index in [2.05, 4.69) is 4.72 Å². The van der Waals surface area contributed by atoms with E-state index in [1.807, 2.05) is 30.3 Å². The molecule has 1 aromatic rings. The quantitative estimate of drug-likeness (QED) is 0.815. The maximum atomic E-state index is 11.6. The SMILES string of the molecule is COC(C)CS(=O)(=O)NCc1ccccc1. The average Bonchev–Trinajstić information content (AvgIpc) is 2.27. The van der Waals surface area contributed by atoms with Gasteiger partial charge in [0.15, 0.2) is 0 Å². The van der Waals surface area contributed by atoms with Crippen LogP contribution in [0, 0.1) is 0 Å². The molecule has 0 aliphatic heterocycles. The van der Waals surface area contributed by atoms with Gasteiger partial charge in [0.2, 0.25) is 10.0 Å². The summed E-state index contributed by atoms with van der Waals surface area (Å²) in [5.74, 6) is -0.0175. The molecule has 1 atom stereocenters. The Labute approximate surface area is 96.7 Å². The van der Waals surface area contributed by atoms with Gasteiger partial charge >= 0.3 is 0 Å². The molecule has 1 rings (SSSR count). The van der Waals surface area contributed by atoms with Crippen molar-refractivity contribution in [3.05, 3.63) is 35.9 Å². The van der Waals surface area contributed by atoms with Crippen molar-refractivity contribution >= 4 is 10.0 Å². The molecule has 0 radical (unpaired) electrons.